The molecule has 80 valence electrons. The summed E-state index contributed by atoms with van der Waals surface area (Å²) in [5, 5.41) is 16.3. The number of aromatic nitrogens is 2. The lowest BCUT2D eigenvalue weighted by Crippen LogP contribution is -1.96. The molecule has 0 radical (unpaired) electrons. The fourth-order valence-electron chi connectivity index (χ4n) is 1.48. The molecule has 0 aliphatic heterocycles. The number of benzene rings is 1. The molecular weight excluding hydrogens is 200 g/mol. The normalized spacial score (nSPS) is 9.81. The molecule has 2 rings (SSSR count). The molecule has 0 aliphatic carbocycles. The minimum atomic E-state index is 0.630. The summed E-state index contributed by atoms with van der Waals surface area (Å²) in [5.41, 5.74) is 2.49. The standard InChI is InChI=1S/C12H12N4/c1-9-3-4-11(10(7-9)8-13)14-12-5-6-16(2)15-12/h3-7H,1-2H3,(H,14,15). The molecule has 1 aromatic heterocycles. The highest BCUT2D eigenvalue weighted by molar-refractivity contribution is 5.64. The van der Waals surface area contributed by atoms with Crippen molar-refractivity contribution in [3.63, 3.8) is 0 Å². The SMILES string of the molecule is Cc1ccc(Nc2ccn(C)n2)c(C#N)c1. The number of nitriles is 1. The van der Waals surface area contributed by atoms with Gasteiger partial charge in [0.2, 0.25) is 0 Å². The van der Waals surface area contributed by atoms with Gasteiger partial charge in [0.25, 0.3) is 0 Å². The molecule has 0 fully saturated rings. The first kappa shape index (κ1) is 10.2. The monoisotopic (exact) mass is 212 g/mol. The van der Waals surface area contributed by atoms with Crippen molar-refractivity contribution in [3.8, 4) is 6.07 Å². The number of aryl methyl sites for hydroxylation is 2. The fraction of sp³-hybridized carbons (Fsp3) is 0.167. The van der Waals surface area contributed by atoms with Crippen molar-refractivity contribution >= 4 is 11.5 Å². The van der Waals surface area contributed by atoms with Gasteiger partial charge in [-0.25, -0.2) is 0 Å². The van der Waals surface area contributed by atoms with Crippen LogP contribution >= 0.6 is 0 Å². The van der Waals surface area contributed by atoms with E-state index in [4.69, 9.17) is 5.26 Å². The molecule has 4 heteroatoms. The van der Waals surface area contributed by atoms with Gasteiger partial charge < -0.3 is 5.32 Å². The summed E-state index contributed by atoms with van der Waals surface area (Å²) < 4.78 is 1.71. The molecule has 1 aromatic carbocycles. The number of anilines is 2. The van der Waals surface area contributed by atoms with Crippen LogP contribution in [0.3, 0.4) is 0 Å². The van der Waals surface area contributed by atoms with Crippen molar-refractivity contribution in [1.29, 1.82) is 5.26 Å². The Balaban J connectivity index is 2.31. The van der Waals surface area contributed by atoms with E-state index in [0.717, 1.165) is 17.1 Å². The first-order valence-electron chi connectivity index (χ1n) is 4.96. The van der Waals surface area contributed by atoms with Crippen molar-refractivity contribution in [1.82, 2.24) is 9.78 Å². The minimum absolute atomic E-state index is 0.630. The van der Waals surface area contributed by atoms with Crippen LogP contribution in [0.25, 0.3) is 0 Å². The molecule has 0 spiro atoms. The zero-order valence-corrected chi connectivity index (χ0v) is 9.23. The van der Waals surface area contributed by atoms with Crippen LogP contribution in [-0.4, -0.2) is 9.78 Å². The highest BCUT2D eigenvalue weighted by Crippen LogP contribution is 2.20. The van der Waals surface area contributed by atoms with Crippen LogP contribution in [0.15, 0.2) is 30.5 Å². The van der Waals surface area contributed by atoms with E-state index in [1.165, 1.54) is 0 Å². The maximum atomic E-state index is 9.01. The van der Waals surface area contributed by atoms with E-state index in [1.54, 1.807) is 4.68 Å². The predicted octanol–water partition coefficient (Wildman–Crippen LogP) is 2.34. The van der Waals surface area contributed by atoms with Gasteiger partial charge in [0.05, 0.1) is 11.3 Å². The molecule has 0 aliphatic rings. The lowest BCUT2D eigenvalue weighted by molar-refractivity contribution is 0.771. The molecule has 0 saturated heterocycles. The third-order valence-corrected chi connectivity index (χ3v) is 2.27. The Kier molecular flexibility index (Phi) is 2.61. The summed E-state index contributed by atoms with van der Waals surface area (Å²) in [6.45, 7) is 1.96. The molecule has 2 aromatic rings. The van der Waals surface area contributed by atoms with Crippen LogP contribution in [0.4, 0.5) is 11.5 Å². The van der Waals surface area contributed by atoms with E-state index >= 15 is 0 Å². The topological polar surface area (TPSA) is 53.6 Å². The number of rotatable bonds is 2. The van der Waals surface area contributed by atoms with Crippen molar-refractivity contribution in [3.05, 3.63) is 41.6 Å². The molecular formula is C12H12N4. The summed E-state index contributed by atoms with van der Waals surface area (Å²) >= 11 is 0. The second kappa shape index (κ2) is 4.07. The lowest BCUT2D eigenvalue weighted by atomic mass is 10.1. The highest BCUT2D eigenvalue weighted by Gasteiger charge is 2.03. The summed E-state index contributed by atoms with van der Waals surface area (Å²) in [6, 6.07) is 9.74. The zero-order valence-electron chi connectivity index (χ0n) is 9.23. The molecule has 1 N–H and O–H groups in total. The van der Waals surface area contributed by atoms with Gasteiger partial charge in [-0.05, 0) is 24.6 Å². The average Bonchev–Trinajstić information content (AvgIpc) is 2.67. The molecule has 16 heavy (non-hydrogen) atoms. The zero-order chi connectivity index (χ0) is 11.5. The van der Waals surface area contributed by atoms with Gasteiger partial charge in [0.15, 0.2) is 5.82 Å². The quantitative estimate of drug-likeness (QED) is 0.831. The molecule has 1 heterocycles. The lowest BCUT2D eigenvalue weighted by Gasteiger charge is -2.05. The van der Waals surface area contributed by atoms with Gasteiger partial charge in [-0.1, -0.05) is 6.07 Å². The smallest absolute Gasteiger partial charge is 0.152 e. The van der Waals surface area contributed by atoms with E-state index in [1.807, 2.05) is 44.4 Å². The minimum Gasteiger partial charge on any atom is -0.338 e. The summed E-state index contributed by atoms with van der Waals surface area (Å²) in [4.78, 5) is 0. The fourth-order valence-corrected chi connectivity index (χ4v) is 1.48. The Morgan fingerprint density at radius 3 is 2.81 bits per heavy atom. The number of nitrogens with zero attached hydrogens (tertiary/aromatic N) is 3. The number of hydrogen-bond acceptors (Lipinski definition) is 3. The number of hydrogen-bond donors (Lipinski definition) is 1. The van der Waals surface area contributed by atoms with Gasteiger partial charge in [-0.3, -0.25) is 4.68 Å². The first-order chi connectivity index (χ1) is 7.69. The molecule has 0 amide bonds. The van der Waals surface area contributed by atoms with Gasteiger partial charge in [-0.15, -0.1) is 0 Å². The van der Waals surface area contributed by atoms with Crippen LogP contribution in [-0.2, 0) is 7.05 Å². The van der Waals surface area contributed by atoms with Crippen LogP contribution in [0.2, 0.25) is 0 Å². The number of nitrogens with one attached hydrogen (secondary N) is 1. The maximum Gasteiger partial charge on any atom is 0.152 e. The molecule has 0 unspecified atom stereocenters. The summed E-state index contributed by atoms with van der Waals surface area (Å²) in [6.07, 6.45) is 1.85. The van der Waals surface area contributed by atoms with Crippen LogP contribution < -0.4 is 5.32 Å². The van der Waals surface area contributed by atoms with Crippen molar-refractivity contribution in [2.45, 2.75) is 6.92 Å². The van der Waals surface area contributed by atoms with Crippen molar-refractivity contribution in [2.75, 3.05) is 5.32 Å². The van der Waals surface area contributed by atoms with E-state index < -0.39 is 0 Å². The molecule has 4 nitrogen and oxygen atoms in total. The van der Waals surface area contributed by atoms with Gasteiger partial charge in [0, 0.05) is 19.3 Å². The molecule has 0 atom stereocenters. The largest absolute Gasteiger partial charge is 0.338 e. The average molecular weight is 212 g/mol. The summed E-state index contributed by atoms with van der Waals surface area (Å²) in [5.74, 6) is 0.739. The Bertz CT molecular complexity index is 548. The summed E-state index contributed by atoms with van der Waals surface area (Å²) in [7, 11) is 1.85. The van der Waals surface area contributed by atoms with E-state index in [-0.39, 0.29) is 0 Å². The van der Waals surface area contributed by atoms with Gasteiger partial charge in [0.1, 0.15) is 6.07 Å². The van der Waals surface area contributed by atoms with Gasteiger partial charge in [-0.2, -0.15) is 10.4 Å². The third kappa shape index (κ3) is 2.04. The van der Waals surface area contributed by atoms with Crippen LogP contribution in [0.1, 0.15) is 11.1 Å². The van der Waals surface area contributed by atoms with E-state index in [2.05, 4.69) is 16.5 Å². The Morgan fingerprint density at radius 2 is 2.19 bits per heavy atom. The van der Waals surface area contributed by atoms with Gasteiger partial charge >= 0.3 is 0 Å². The van der Waals surface area contributed by atoms with E-state index in [9.17, 15) is 0 Å². The highest BCUT2D eigenvalue weighted by atomic mass is 15.3. The Morgan fingerprint density at radius 1 is 1.38 bits per heavy atom. The first-order valence-corrected chi connectivity index (χ1v) is 4.96. The molecule has 0 bridgehead atoms. The Labute approximate surface area is 94.1 Å². The third-order valence-electron chi connectivity index (χ3n) is 2.27. The predicted molar refractivity (Wildman–Crippen MR) is 62.4 cm³/mol. The Hall–Kier alpha value is -2.28. The van der Waals surface area contributed by atoms with E-state index in [0.29, 0.717) is 5.56 Å². The van der Waals surface area contributed by atoms with Crippen LogP contribution in [0.5, 0.6) is 0 Å². The van der Waals surface area contributed by atoms with Crippen molar-refractivity contribution in [2.24, 2.45) is 7.05 Å². The molecule has 0 saturated carbocycles. The van der Waals surface area contributed by atoms with Crippen molar-refractivity contribution < 1.29 is 0 Å². The maximum absolute atomic E-state index is 9.01. The second-order valence-corrected chi connectivity index (χ2v) is 3.66. The second-order valence-electron chi connectivity index (χ2n) is 3.66. The van der Waals surface area contributed by atoms with Crippen LogP contribution in [0, 0.1) is 18.3 Å².